The van der Waals surface area contributed by atoms with Gasteiger partial charge < -0.3 is 0 Å². The summed E-state index contributed by atoms with van der Waals surface area (Å²) in [4.78, 5) is 0. The molecule has 11 atom stereocenters. The highest BCUT2D eigenvalue weighted by Crippen LogP contribution is 2.64. The van der Waals surface area contributed by atoms with E-state index in [1.165, 1.54) is 38.5 Å². The fourth-order valence-corrected chi connectivity index (χ4v) is 8.51. The van der Waals surface area contributed by atoms with Crippen molar-refractivity contribution in [1.29, 1.82) is 0 Å². The molecule has 3 rings (SSSR count). The van der Waals surface area contributed by atoms with E-state index in [-0.39, 0.29) is 0 Å². The molecule has 11 unspecified atom stereocenters. The summed E-state index contributed by atoms with van der Waals surface area (Å²) < 4.78 is 0. The van der Waals surface area contributed by atoms with Gasteiger partial charge in [0.25, 0.3) is 0 Å². The highest BCUT2D eigenvalue weighted by Gasteiger charge is 2.56. The number of hydrogen-bond donors (Lipinski definition) is 0. The molecule has 3 saturated carbocycles. The van der Waals surface area contributed by atoms with Gasteiger partial charge in [-0.05, 0) is 89.8 Å². The molecule has 26 heavy (non-hydrogen) atoms. The summed E-state index contributed by atoms with van der Waals surface area (Å²) in [6, 6.07) is 0. The van der Waals surface area contributed by atoms with Crippen LogP contribution in [0.5, 0.6) is 0 Å². The van der Waals surface area contributed by atoms with Crippen molar-refractivity contribution in [2.45, 2.75) is 101 Å². The van der Waals surface area contributed by atoms with Crippen LogP contribution in [0.4, 0.5) is 0 Å². The largest absolute Gasteiger partial charge is 0.0651 e. The Labute approximate surface area is 165 Å². The van der Waals surface area contributed by atoms with Crippen LogP contribution in [0.2, 0.25) is 0 Å². The van der Waals surface area contributed by atoms with E-state index in [9.17, 15) is 0 Å². The first kappa shape index (κ1) is 20.7. The fourth-order valence-electron chi connectivity index (χ4n) is 8.51. The van der Waals surface area contributed by atoms with Crippen molar-refractivity contribution >= 4 is 0 Å². The third kappa shape index (κ3) is 3.00. The molecule has 0 spiro atoms. The van der Waals surface area contributed by atoms with Gasteiger partial charge in [-0.25, -0.2) is 0 Å². The Morgan fingerprint density at radius 1 is 0.808 bits per heavy atom. The summed E-state index contributed by atoms with van der Waals surface area (Å²) >= 11 is 0. The van der Waals surface area contributed by atoms with Crippen molar-refractivity contribution in [2.24, 2.45) is 64.1 Å². The van der Waals surface area contributed by atoms with Crippen LogP contribution in [-0.4, -0.2) is 0 Å². The normalized spacial score (nSPS) is 53.7. The van der Waals surface area contributed by atoms with E-state index >= 15 is 0 Å². The Morgan fingerprint density at radius 3 is 1.92 bits per heavy atom. The minimum atomic E-state index is 0.582. The number of rotatable bonds is 6. The van der Waals surface area contributed by atoms with Crippen LogP contribution in [-0.2, 0) is 0 Å². The van der Waals surface area contributed by atoms with E-state index in [0.717, 1.165) is 53.3 Å². The molecule has 152 valence electrons. The Bertz CT molecular complexity index is 494. The second kappa shape index (κ2) is 7.11. The van der Waals surface area contributed by atoms with Crippen LogP contribution < -0.4 is 0 Å². The van der Waals surface area contributed by atoms with Crippen molar-refractivity contribution < 1.29 is 0 Å². The third-order valence-electron chi connectivity index (χ3n) is 11.0. The van der Waals surface area contributed by atoms with E-state index in [2.05, 4.69) is 62.3 Å². The van der Waals surface area contributed by atoms with E-state index in [1.807, 2.05) is 0 Å². The summed E-state index contributed by atoms with van der Waals surface area (Å²) in [5.41, 5.74) is 1.18. The first-order chi connectivity index (χ1) is 12.1. The third-order valence-corrected chi connectivity index (χ3v) is 11.0. The lowest BCUT2D eigenvalue weighted by Gasteiger charge is -2.58. The quantitative estimate of drug-likeness (QED) is 0.449. The van der Waals surface area contributed by atoms with Gasteiger partial charge >= 0.3 is 0 Å². The van der Waals surface area contributed by atoms with Gasteiger partial charge in [-0.3, -0.25) is 0 Å². The summed E-state index contributed by atoms with van der Waals surface area (Å²) in [6.45, 7) is 23.0. The van der Waals surface area contributed by atoms with E-state index in [1.54, 1.807) is 0 Å². The predicted molar refractivity (Wildman–Crippen MR) is 115 cm³/mol. The van der Waals surface area contributed by atoms with E-state index < -0.39 is 0 Å². The highest BCUT2D eigenvalue weighted by atomic mass is 14.6. The minimum Gasteiger partial charge on any atom is -0.0651 e. The highest BCUT2D eigenvalue weighted by molar-refractivity contribution is 5.05. The van der Waals surface area contributed by atoms with Gasteiger partial charge in [-0.2, -0.15) is 0 Å². The van der Waals surface area contributed by atoms with Crippen LogP contribution in [0.3, 0.4) is 0 Å². The van der Waals surface area contributed by atoms with Gasteiger partial charge in [0.05, 0.1) is 0 Å². The molecule has 0 amide bonds. The lowest BCUT2D eigenvalue weighted by atomic mass is 9.47. The van der Waals surface area contributed by atoms with Gasteiger partial charge in [0.2, 0.25) is 0 Å². The van der Waals surface area contributed by atoms with Gasteiger partial charge in [-0.15, -0.1) is 0 Å². The van der Waals surface area contributed by atoms with Crippen LogP contribution in [0.15, 0.2) is 0 Å². The molecule has 0 bridgehead atoms. The second-order valence-corrected chi connectivity index (χ2v) is 11.9. The maximum Gasteiger partial charge on any atom is -0.0266 e. The molecule has 0 heteroatoms. The average molecular weight is 361 g/mol. The monoisotopic (exact) mass is 360 g/mol. The topological polar surface area (TPSA) is 0 Å². The lowest BCUT2D eigenvalue weighted by Crippen LogP contribution is -2.50. The van der Waals surface area contributed by atoms with E-state index in [4.69, 9.17) is 0 Å². The molecule has 0 radical (unpaired) electrons. The molecule has 3 aliphatic rings. The molecule has 0 aromatic rings. The van der Waals surface area contributed by atoms with Crippen LogP contribution in [0.25, 0.3) is 0 Å². The van der Waals surface area contributed by atoms with Crippen molar-refractivity contribution in [1.82, 2.24) is 0 Å². The predicted octanol–water partition coefficient (Wildman–Crippen LogP) is 8.07. The first-order valence-corrected chi connectivity index (χ1v) is 12.1. The van der Waals surface area contributed by atoms with Gasteiger partial charge in [0.1, 0.15) is 0 Å². The van der Waals surface area contributed by atoms with Crippen molar-refractivity contribution in [2.75, 3.05) is 0 Å². The molecule has 0 aromatic carbocycles. The molecule has 0 aromatic heterocycles. The summed E-state index contributed by atoms with van der Waals surface area (Å²) in [6.07, 6.45) is 8.73. The summed E-state index contributed by atoms with van der Waals surface area (Å²) in [5.74, 6) is 8.55. The number of hydrogen-bond acceptors (Lipinski definition) is 0. The maximum absolute atomic E-state index is 2.67. The smallest absolute Gasteiger partial charge is 0.0266 e. The van der Waals surface area contributed by atoms with Crippen molar-refractivity contribution in [3.8, 4) is 0 Å². The Morgan fingerprint density at radius 2 is 1.42 bits per heavy atom. The Balaban J connectivity index is 1.71. The van der Waals surface area contributed by atoms with Crippen LogP contribution in [0.1, 0.15) is 101 Å². The zero-order valence-corrected chi connectivity index (χ0v) is 19.4. The average Bonchev–Trinajstić information content (AvgIpc) is 2.91. The Kier molecular flexibility index (Phi) is 5.67. The standard InChI is InChI=1S/C26H48/c1-10-21-12-16(3)24(21)20(7)25(8)13-17(4)23(15-25)19(6)26(9)14-22(11-2)18(26)5/h16-24H,10-15H2,1-9H3. The summed E-state index contributed by atoms with van der Waals surface area (Å²) in [5, 5.41) is 0. The maximum atomic E-state index is 2.67. The van der Waals surface area contributed by atoms with Gasteiger partial charge in [0.15, 0.2) is 0 Å². The molecule has 0 nitrogen and oxygen atoms in total. The van der Waals surface area contributed by atoms with Crippen LogP contribution >= 0.6 is 0 Å². The molecule has 3 fully saturated rings. The molecule has 0 heterocycles. The summed E-state index contributed by atoms with van der Waals surface area (Å²) in [7, 11) is 0. The molecular weight excluding hydrogens is 312 g/mol. The SMILES string of the molecule is CCC1CC(C)C1C(C)C1(C)CC(C)C(C(C)C2(C)CC(CC)C2C)C1. The van der Waals surface area contributed by atoms with Gasteiger partial charge in [0, 0.05) is 0 Å². The van der Waals surface area contributed by atoms with Crippen molar-refractivity contribution in [3.63, 3.8) is 0 Å². The Hall–Kier alpha value is 0. The molecule has 0 aliphatic heterocycles. The molecule has 0 N–H and O–H groups in total. The molecule has 0 saturated heterocycles. The second-order valence-electron chi connectivity index (χ2n) is 11.9. The zero-order valence-electron chi connectivity index (χ0n) is 19.4. The van der Waals surface area contributed by atoms with Crippen molar-refractivity contribution in [3.05, 3.63) is 0 Å². The first-order valence-electron chi connectivity index (χ1n) is 12.1. The fraction of sp³-hybridized carbons (Fsp3) is 1.00. The van der Waals surface area contributed by atoms with Crippen LogP contribution in [0, 0.1) is 64.1 Å². The molecular formula is C26H48. The zero-order chi connectivity index (χ0) is 19.4. The minimum absolute atomic E-state index is 0.582. The molecule has 3 aliphatic carbocycles. The van der Waals surface area contributed by atoms with E-state index in [0.29, 0.717) is 10.8 Å². The van der Waals surface area contributed by atoms with Gasteiger partial charge in [-0.1, -0.05) is 75.2 Å². The lowest BCUT2D eigenvalue weighted by molar-refractivity contribution is -0.0871.